The average Bonchev–Trinajstić information content (AvgIpc) is 3.28. The van der Waals surface area contributed by atoms with Gasteiger partial charge in [-0.1, -0.05) is 31.0 Å². The molecule has 0 spiro atoms. The van der Waals surface area contributed by atoms with E-state index < -0.39 is 17.2 Å². The number of nitrogens with zero attached hydrogens (tertiary/aromatic N) is 4. The van der Waals surface area contributed by atoms with Crippen LogP contribution in [0.2, 0.25) is 0 Å². The highest BCUT2D eigenvalue weighted by molar-refractivity contribution is 7.98. The molecule has 1 fully saturated rings. The molecular formula is C21H24N4O5S. The zero-order valence-corrected chi connectivity index (χ0v) is 18.5. The number of furan rings is 1. The van der Waals surface area contributed by atoms with Gasteiger partial charge in [0.25, 0.3) is 5.56 Å². The Labute approximate surface area is 182 Å². The molecule has 0 aromatic carbocycles. The minimum atomic E-state index is -0.549. The summed E-state index contributed by atoms with van der Waals surface area (Å²) in [5.41, 5.74) is -0.498. The van der Waals surface area contributed by atoms with Gasteiger partial charge < -0.3 is 9.15 Å². The highest BCUT2D eigenvalue weighted by Crippen LogP contribution is 2.34. The van der Waals surface area contributed by atoms with E-state index in [0.717, 1.165) is 30.3 Å². The molecule has 0 bridgehead atoms. The molecule has 0 aliphatic heterocycles. The van der Waals surface area contributed by atoms with E-state index in [4.69, 9.17) is 9.40 Å². The standard InChI is InChI=1S/C21H24N4O5S/c1-24-17-15(19(26)25(2)21(24)28)18(23-16(22-17)12-7-5-4-6-8-12)31-11-13-9-10-14(30-13)20(27)29-3/h9-10,12H,4-8,11H2,1-3H3. The lowest BCUT2D eigenvalue weighted by Crippen LogP contribution is -2.38. The minimum Gasteiger partial charge on any atom is -0.463 e. The van der Waals surface area contributed by atoms with Gasteiger partial charge in [0.05, 0.1) is 12.9 Å². The third-order valence-electron chi connectivity index (χ3n) is 5.65. The van der Waals surface area contributed by atoms with Gasteiger partial charge in [-0.25, -0.2) is 19.6 Å². The molecule has 31 heavy (non-hydrogen) atoms. The van der Waals surface area contributed by atoms with Gasteiger partial charge >= 0.3 is 11.7 Å². The summed E-state index contributed by atoms with van der Waals surface area (Å²) in [7, 11) is 4.35. The Bertz CT molecular complexity index is 1250. The Hall–Kier alpha value is -2.88. The number of aryl methyl sites for hydroxylation is 1. The van der Waals surface area contributed by atoms with Crippen molar-refractivity contribution >= 4 is 28.8 Å². The second kappa shape index (κ2) is 8.70. The number of methoxy groups -OCH3 is 1. The van der Waals surface area contributed by atoms with Crippen LogP contribution in [0.15, 0.2) is 31.2 Å². The smallest absolute Gasteiger partial charge is 0.373 e. The van der Waals surface area contributed by atoms with E-state index in [1.807, 2.05) is 0 Å². The van der Waals surface area contributed by atoms with Crippen molar-refractivity contribution in [3.63, 3.8) is 0 Å². The lowest BCUT2D eigenvalue weighted by atomic mass is 9.89. The number of aromatic nitrogens is 4. The second-order valence-corrected chi connectivity index (χ2v) is 8.64. The summed E-state index contributed by atoms with van der Waals surface area (Å²) in [6.07, 6.45) is 5.43. The quantitative estimate of drug-likeness (QED) is 0.336. The second-order valence-electron chi connectivity index (χ2n) is 7.67. The van der Waals surface area contributed by atoms with Crippen LogP contribution in [0.3, 0.4) is 0 Å². The summed E-state index contributed by atoms with van der Waals surface area (Å²) in [6.45, 7) is 0. The molecule has 9 nitrogen and oxygen atoms in total. The number of hydrogen-bond acceptors (Lipinski definition) is 8. The molecule has 4 rings (SSSR count). The topological polar surface area (TPSA) is 109 Å². The van der Waals surface area contributed by atoms with Crippen molar-refractivity contribution in [1.29, 1.82) is 0 Å². The zero-order valence-electron chi connectivity index (χ0n) is 17.7. The third kappa shape index (κ3) is 4.04. The van der Waals surface area contributed by atoms with Crippen LogP contribution in [0.1, 0.15) is 60.2 Å². The predicted octanol–water partition coefficient (Wildman–Crippen LogP) is 2.75. The average molecular weight is 445 g/mol. The molecule has 0 saturated heterocycles. The first-order valence-electron chi connectivity index (χ1n) is 10.2. The SMILES string of the molecule is COC(=O)c1ccc(CSc2nc(C3CCCCC3)nc3c2c(=O)n(C)c(=O)n3C)o1. The first-order valence-corrected chi connectivity index (χ1v) is 11.2. The molecular weight excluding hydrogens is 420 g/mol. The first-order chi connectivity index (χ1) is 14.9. The van der Waals surface area contributed by atoms with E-state index in [9.17, 15) is 14.4 Å². The van der Waals surface area contributed by atoms with Crippen LogP contribution >= 0.6 is 11.8 Å². The number of ether oxygens (including phenoxy) is 1. The highest BCUT2D eigenvalue weighted by atomic mass is 32.2. The molecule has 3 aromatic heterocycles. The van der Waals surface area contributed by atoms with Gasteiger partial charge in [-0.2, -0.15) is 0 Å². The van der Waals surface area contributed by atoms with Crippen LogP contribution in [0.25, 0.3) is 11.0 Å². The van der Waals surface area contributed by atoms with Gasteiger partial charge in [0.15, 0.2) is 5.65 Å². The molecule has 3 aromatic rings. The number of hydrogen-bond donors (Lipinski definition) is 0. The van der Waals surface area contributed by atoms with Crippen LogP contribution in [0.5, 0.6) is 0 Å². The maximum Gasteiger partial charge on any atom is 0.373 e. The molecule has 0 amide bonds. The molecule has 3 heterocycles. The molecule has 0 atom stereocenters. The predicted molar refractivity (Wildman–Crippen MR) is 115 cm³/mol. The van der Waals surface area contributed by atoms with Crippen molar-refractivity contribution in [2.75, 3.05) is 7.11 Å². The fourth-order valence-electron chi connectivity index (χ4n) is 3.90. The number of thioether (sulfide) groups is 1. The summed E-state index contributed by atoms with van der Waals surface area (Å²) in [5, 5.41) is 0.826. The maximum atomic E-state index is 12.9. The van der Waals surface area contributed by atoms with E-state index in [0.29, 0.717) is 33.4 Å². The Kier molecular flexibility index (Phi) is 5.99. The van der Waals surface area contributed by atoms with Crippen molar-refractivity contribution in [3.8, 4) is 0 Å². The van der Waals surface area contributed by atoms with E-state index in [2.05, 4.69) is 9.72 Å². The largest absolute Gasteiger partial charge is 0.463 e. The number of rotatable bonds is 5. The monoisotopic (exact) mass is 444 g/mol. The minimum absolute atomic E-state index is 0.117. The Morgan fingerprint density at radius 1 is 1.16 bits per heavy atom. The molecule has 164 valence electrons. The zero-order chi connectivity index (χ0) is 22.1. The summed E-state index contributed by atoms with van der Waals surface area (Å²) < 4.78 is 12.7. The summed E-state index contributed by atoms with van der Waals surface area (Å²) in [6, 6.07) is 3.24. The molecule has 10 heteroatoms. The van der Waals surface area contributed by atoms with Gasteiger partial charge in [-0.05, 0) is 25.0 Å². The van der Waals surface area contributed by atoms with Crippen molar-refractivity contribution in [2.24, 2.45) is 14.1 Å². The van der Waals surface area contributed by atoms with E-state index in [1.165, 1.54) is 36.9 Å². The van der Waals surface area contributed by atoms with E-state index in [1.54, 1.807) is 19.2 Å². The number of carbonyl (C=O) groups is 1. The molecule has 1 aliphatic rings. The lowest BCUT2D eigenvalue weighted by molar-refractivity contribution is 0.0563. The Morgan fingerprint density at radius 3 is 2.61 bits per heavy atom. The van der Waals surface area contributed by atoms with E-state index in [-0.39, 0.29) is 11.7 Å². The van der Waals surface area contributed by atoms with Crippen LogP contribution in [-0.2, 0) is 24.6 Å². The number of carbonyl (C=O) groups excluding carboxylic acids is 1. The van der Waals surface area contributed by atoms with Crippen molar-refractivity contribution in [3.05, 3.63) is 50.3 Å². The molecule has 0 unspecified atom stereocenters. The molecule has 0 radical (unpaired) electrons. The molecule has 0 N–H and O–H groups in total. The van der Waals surface area contributed by atoms with Crippen LogP contribution in [-0.4, -0.2) is 32.2 Å². The maximum absolute atomic E-state index is 12.9. The fraction of sp³-hybridized carbons (Fsp3) is 0.476. The van der Waals surface area contributed by atoms with Gasteiger partial charge in [-0.3, -0.25) is 13.9 Å². The van der Waals surface area contributed by atoms with E-state index >= 15 is 0 Å². The Balaban J connectivity index is 1.78. The summed E-state index contributed by atoms with van der Waals surface area (Å²) in [5.74, 6) is 1.37. The molecule has 1 saturated carbocycles. The normalized spacial score (nSPS) is 14.8. The van der Waals surface area contributed by atoms with Gasteiger partial charge in [0.1, 0.15) is 22.0 Å². The van der Waals surface area contributed by atoms with Crippen LogP contribution in [0, 0.1) is 0 Å². The van der Waals surface area contributed by atoms with Crippen molar-refractivity contribution in [1.82, 2.24) is 19.1 Å². The van der Waals surface area contributed by atoms with Gasteiger partial charge in [0.2, 0.25) is 5.76 Å². The van der Waals surface area contributed by atoms with Crippen molar-refractivity contribution < 1.29 is 13.9 Å². The van der Waals surface area contributed by atoms with Crippen LogP contribution in [0.4, 0.5) is 0 Å². The number of esters is 1. The number of fused-ring (bicyclic) bond motifs is 1. The third-order valence-corrected chi connectivity index (χ3v) is 6.65. The molecule has 1 aliphatic carbocycles. The first kappa shape index (κ1) is 21.4. The lowest BCUT2D eigenvalue weighted by Gasteiger charge is -2.21. The van der Waals surface area contributed by atoms with Crippen LogP contribution < -0.4 is 11.2 Å². The van der Waals surface area contributed by atoms with Gasteiger partial charge in [0, 0.05) is 20.0 Å². The highest BCUT2D eigenvalue weighted by Gasteiger charge is 2.23. The van der Waals surface area contributed by atoms with Gasteiger partial charge in [-0.15, -0.1) is 0 Å². The summed E-state index contributed by atoms with van der Waals surface area (Å²) in [4.78, 5) is 46.4. The van der Waals surface area contributed by atoms with Crippen molar-refractivity contribution in [2.45, 2.75) is 48.8 Å². The Morgan fingerprint density at radius 2 is 1.90 bits per heavy atom. The summed E-state index contributed by atoms with van der Waals surface area (Å²) >= 11 is 1.33. The fourth-order valence-corrected chi connectivity index (χ4v) is 4.81.